The molecule has 58 valence electrons. The zero-order valence-corrected chi connectivity index (χ0v) is 6.33. The lowest BCUT2D eigenvalue weighted by Gasteiger charge is -2.29. The van der Waals surface area contributed by atoms with Crippen LogP contribution in [-0.4, -0.2) is 18.6 Å². The molecule has 1 fully saturated rings. The fraction of sp³-hybridized carbons (Fsp3) is 0.857. The second-order valence-corrected chi connectivity index (χ2v) is 2.94. The maximum Gasteiger partial charge on any atom is 0.309 e. The number of ether oxygens (including phenoxy) is 1. The number of hydrogen-bond donors (Lipinski definition) is 1. The first-order valence-corrected chi connectivity index (χ1v) is 3.55. The van der Waals surface area contributed by atoms with Crippen molar-refractivity contribution in [2.24, 2.45) is 17.6 Å². The molecule has 0 unspecified atom stereocenters. The van der Waals surface area contributed by atoms with Gasteiger partial charge < -0.3 is 10.5 Å². The summed E-state index contributed by atoms with van der Waals surface area (Å²) < 4.78 is 4.81. The lowest BCUT2D eigenvalue weighted by molar-refractivity contribution is -0.156. The van der Waals surface area contributed by atoms with Gasteiger partial charge in [-0.2, -0.15) is 0 Å². The Morgan fingerprint density at radius 2 is 2.20 bits per heavy atom. The van der Waals surface area contributed by atoms with E-state index in [0.29, 0.717) is 6.61 Å². The summed E-state index contributed by atoms with van der Waals surface area (Å²) in [7, 11) is 0. The summed E-state index contributed by atoms with van der Waals surface area (Å²) >= 11 is 0. The van der Waals surface area contributed by atoms with Crippen LogP contribution in [0.1, 0.15) is 13.8 Å². The molecule has 10 heavy (non-hydrogen) atoms. The molecule has 0 bridgehead atoms. The van der Waals surface area contributed by atoms with Crippen molar-refractivity contribution < 1.29 is 9.53 Å². The highest BCUT2D eigenvalue weighted by atomic mass is 16.5. The summed E-state index contributed by atoms with van der Waals surface area (Å²) in [5.41, 5.74) is 5.65. The van der Waals surface area contributed by atoms with Gasteiger partial charge in [0.05, 0.1) is 5.92 Å². The fourth-order valence-corrected chi connectivity index (χ4v) is 1.05. The molecule has 0 aromatic carbocycles. The minimum Gasteiger partial charge on any atom is -0.464 e. The summed E-state index contributed by atoms with van der Waals surface area (Å²) in [5.74, 6) is 0.0965. The predicted octanol–water partition coefficient (Wildman–Crippen LogP) is 0.143. The Morgan fingerprint density at radius 1 is 1.60 bits per heavy atom. The molecule has 3 heteroatoms. The highest BCUT2D eigenvalue weighted by molar-refractivity contribution is 5.73. The van der Waals surface area contributed by atoms with E-state index >= 15 is 0 Å². The van der Waals surface area contributed by atoms with E-state index in [0.717, 1.165) is 0 Å². The van der Waals surface area contributed by atoms with E-state index < -0.39 is 0 Å². The van der Waals surface area contributed by atoms with Gasteiger partial charge in [0.2, 0.25) is 0 Å². The van der Waals surface area contributed by atoms with Crippen LogP contribution < -0.4 is 5.73 Å². The van der Waals surface area contributed by atoms with Gasteiger partial charge in [-0.3, -0.25) is 4.79 Å². The van der Waals surface area contributed by atoms with Crippen LogP contribution in [0.5, 0.6) is 0 Å². The van der Waals surface area contributed by atoms with E-state index in [-0.39, 0.29) is 23.8 Å². The van der Waals surface area contributed by atoms with Crippen LogP contribution in [-0.2, 0) is 9.53 Å². The topological polar surface area (TPSA) is 52.3 Å². The van der Waals surface area contributed by atoms with Gasteiger partial charge in [-0.1, -0.05) is 13.8 Å². The van der Waals surface area contributed by atoms with Crippen molar-refractivity contribution >= 4 is 5.97 Å². The van der Waals surface area contributed by atoms with Crippen LogP contribution in [0.3, 0.4) is 0 Å². The lowest BCUT2D eigenvalue weighted by Crippen LogP contribution is -2.45. The lowest BCUT2D eigenvalue weighted by atomic mass is 9.88. The van der Waals surface area contributed by atoms with Gasteiger partial charge in [0.15, 0.2) is 0 Å². The zero-order chi connectivity index (χ0) is 7.72. The Hall–Kier alpha value is -0.570. The Kier molecular flexibility index (Phi) is 1.94. The molecule has 0 aromatic rings. The molecule has 0 spiro atoms. The molecule has 1 heterocycles. The maximum absolute atomic E-state index is 10.9. The number of carbonyl (C=O) groups excluding carboxylic acids is 1. The highest BCUT2D eigenvalue weighted by Crippen LogP contribution is 2.20. The van der Waals surface area contributed by atoms with Crippen molar-refractivity contribution in [3.8, 4) is 0 Å². The Labute approximate surface area is 60.5 Å². The third kappa shape index (κ3) is 1.14. The summed E-state index contributed by atoms with van der Waals surface area (Å²) in [6.45, 7) is 4.21. The summed E-state index contributed by atoms with van der Waals surface area (Å²) in [6, 6.07) is 0.0210. The molecule has 0 saturated carbocycles. The predicted molar refractivity (Wildman–Crippen MR) is 37.3 cm³/mol. The first-order chi connectivity index (χ1) is 4.63. The van der Waals surface area contributed by atoms with Crippen molar-refractivity contribution in [1.82, 2.24) is 0 Å². The van der Waals surface area contributed by atoms with Crippen LogP contribution in [0.15, 0.2) is 0 Å². The summed E-state index contributed by atoms with van der Waals surface area (Å²) in [5, 5.41) is 0. The molecule has 2 N–H and O–H groups in total. The summed E-state index contributed by atoms with van der Waals surface area (Å²) in [4.78, 5) is 10.9. The highest BCUT2D eigenvalue weighted by Gasteiger charge is 2.31. The standard InChI is InChI=1S/C7H13NO2/c1-4-5(2)7(9)10-3-6(4)8/h4-6H,3,8H2,1-2H3/t4-,5+,6+/m0/s1. The third-order valence-corrected chi connectivity index (χ3v) is 2.25. The van der Waals surface area contributed by atoms with E-state index in [2.05, 4.69) is 0 Å². The Bertz CT molecular complexity index is 147. The van der Waals surface area contributed by atoms with Crippen LogP contribution in [0.4, 0.5) is 0 Å². The largest absolute Gasteiger partial charge is 0.464 e. The third-order valence-electron chi connectivity index (χ3n) is 2.25. The fourth-order valence-electron chi connectivity index (χ4n) is 1.05. The molecule has 3 nitrogen and oxygen atoms in total. The molecule has 3 atom stereocenters. The average Bonchev–Trinajstić information content (AvgIpc) is 1.93. The van der Waals surface area contributed by atoms with Gasteiger partial charge in [0.1, 0.15) is 6.61 Å². The van der Waals surface area contributed by atoms with Crippen molar-refractivity contribution in [1.29, 1.82) is 0 Å². The van der Waals surface area contributed by atoms with Gasteiger partial charge >= 0.3 is 5.97 Å². The van der Waals surface area contributed by atoms with Crippen molar-refractivity contribution in [2.75, 3.05) is 6.61 Å². The van der Waals surface area contributed by atoms with Crippen LogP contribution >= 0.6 is 0 Å². The normalized spacial score (nSPS) is 41.1. The minimum atomic E-state index is -0.116. The molecule has 0 radical (unpaired) electrons. The number of nitrogens with two attached hydrogens (primary N) is 1. The molecular formula is C7H13NO2. The van der Waals surface area contributed by atoms with Gasteiger partial charge in [-0.15, -0.1) is 0 Å². The van der Waals surface area contributed by atoms with E-state index in [4.69, 9.17) is 10.5 Å². The second kappa shape index (κ2) is 2.58. The van der Waals surface area contributed by atoms with Gasteiger partial charge in [0, 0.05) is 6.04 Å². The second-order valence-electron chi connectivity index (χ2n) is 2.94. The number of rotatable bonds is 0. The van der Waals surface area contributed by atoms with E-state index in [1.807, 2.05) is 13.8 Å². The molecule has 0 aromatic heterocycles. The van der Waals surface area contributed by atoms with E-state index in [1.54, 1.807) is 0 Å². The number of carbonyl (C=O) groups is 1. The monoisotopic (exact) mass is 143 g/mol. The minimum absolute atomic E-state index is 0.0210. The SMILES string of the molecule is C[C@@H]1[C@H](N)COC(=O)[C@@H]1C. The van der Waals surface area contributed by atoms with Crippen LogP contribution in [0.2, 0.25) is 0 Å². The quantitative estimate of drug-likeness (QED) is 0.491. The zero-order valence-electron chi connectivity index (χ0n) is 6.33. The Balaban J connectivity index is 2.60. The van der Waals surface area contributed by atoms with Crippen LogP contribution in [0, 0.1) is 11.8 Å². The first-order valence-electron chi connectivity index (χ1n) is 3.55. The number of cyclic esters (lactones) is 1. The molecule has 1 aliphatic heterocycles. The Morgan fingerprint density at radius 3 is 2.70 bits per heavy atom. The number of hydrogen-bond acceptors (Lipinski definition) is 3. The smallest absolute Gasteiger partial charge is 0.309 e. The molecule has 0 amide bonds. The number of esters is 1. The van der Waals surface area contributed by atoms with Gasteiger partial charge in [-0.25, -0.2) is 0 Å². The van der Waals surface area contributed by atoms with Crippen LogP contribution in [0.25, 0.3) is 0 Å². The molecule has 1 saturated heterocycles. The summed E-state index contributed by atoms with van der Waals surface area (Å²) in [6.07, 6.45) is 0. The molecule has 0 aliphatic carbocycles. The average molecular weight is 143 g/mol. The van der Waals surface area contributed by atoms with E-state index in [9.17, 15) is 4.79 Å². The molecule has 1 rings (SSSR count). The van der Waals surface area contributed by atoms with Crippen molar-refractivity contribution in [3.05, 3.63) is 0 Å². The maximum atomic E-state index is 10.9. The van der Waals surface area contributed by atoms with Gasteiger partial charge in [-0.05, 0) is 5.92 Å². The first kappa shape index (κ1) is 7.54. The van der Waals surface area contributed by atoms with Crippen molar-refractivity contribution in [2.45, 2.75) is 19.9 Å². The van der Waals surface area contributed by atoms with Gasteiger partial charge in [0.25, 0.3) is 0 Å². The van der Waals surface area contributed by atoms with E-state index in [1.165, 1.54) is 0 Å². The molecular weight excluding hydrogens is 130 g/mol. The molecule has 1 aliphatic rings. The van der Waals surface area contributed by atoms with Crippen molar-refractivity contribution in [3.63, 3.8) is 0 Å².